The van der Waals surface area contributed by atoms with Crippen LogP contribution in [0, 0.1) is 0 Å². The Hall–Kier alpha value is -3.10. The van der Waals surface area contributed by atoms with Crippen LogP contribution in [-0.2, 0) is 17.9 Å². The number of hydrogen-bond acceptors (Lipinski definition) is 7. The lowest BCUT2D eigenvalue weighted by Crippen LogP contribution is -2.47. The number of para-hydroxylation sites is 1. The summed E-state index contributed by atoms with van der Waals surface area (Å²) in [6, 6.07) is 11.4. The van der Waals surface area contributed by atoms with E-state index in [1.54, 1.807) is 21.1 Å². The number of benzene rings is 2. The van der Waals surface area contributed by atoms with Crippen molar-refractivity contribution >= 4 is 34.2 Å². The van der Waals surface area contributed by atoms with E-state index in [1.807, 2.05) is 41.3 Å². The molecule has 1 saturated heterocycles. The highest BCUT2D eigenvalue weighted by molar-refractivity contribution is 6.31. The molecule has 1 aliphatic heterocycles. The van der Waals surface area contributed by atoms with Crippen molar-refractivity contribution in [1.29, 1.82) is 0 Å². The van der Waals surface area contributed by atoms with Crippen molar-refractivity contribution in [2.75, 3.05) is 45.7 Å². The van der Waals surface area contributed by atoms with Crippen LogP contribution < -0.4 is 14.8 Å². The zero-order valence-corrected chi connectivity index (χ0v) is 19.9. The van der Waals surface area contributed by atoms with Crippen LogP contribution in [0.15, 0.2) is 36.4 Å². The number of halogens is 1. The van der Waals surface area contributed by atoms with Gasteiger partial charge in [0, 0.05) is 55.6 Å². The average molecular weight is 470 g/mol. The number of anilines is 1. The second kappa shape index (κ2) is 10.2. The van der Waals surface area contributed by atoms with Gasteiger partial charge in [0.05, 0.1) is 26.3 Å². The minimum atomic E-state index is 0.118. The molecule has 9 heteroatoms. The van der Waals surface area contributed by atoms with E-state index in [4.69, 9.17) is 31.0 Å². The first-order valence-electron chi connectivity index (χ1n) is 10.9. The number of carbonyl (C=O) groups excluding carboxylic acids is 1. The number of carbonyl (C=O) groups is 1. The van der Waals surface area contributed by atoms with Gasteiger partial charge < -0.3 is 19.7 Å². The Bertz CT molecular complexity index is 1150. The van der Waals surface area contributed by atoms with Gasteiger partial charge >= 0.3 is 0 Å². The van der Waals surface area contributed by atoms with Crippen LogP contribution in [0.5, 0.6) is 11.5 Å². The van der Waals surface area contributed by atoms with Crippen molar-refractivity contribution in [3.8, 4) is 11.5 Å². The molecule has 0 aliphatic carbocycles. The summed E-state index contributed by atoms with van der Waals surface area (Å²) >= 11 is 6.27. The van der Waals surface area contributed by atoms with Gasteiger partial charge in [-0.1, -0.05) is 23.7 Å². The number of rotatable bonds is 7. The topological polar surface area (TPSA) is 79.8 Å². The lowest BCUT2D eigenvalue weighted by atomic mass is 10.1. The highest BCUT2D eigenvalue weighted by Gasteiger charge is 2.20. The van der Waals surface area contributed by atoms with Crippen LogP contribution in [0.4, 0.5) is 5.82 Å². The third kappa shape index (κ3) is 5.29. The number of nitrogens with one attached hydrogen (secondary N) is 1. The van der Waals surface area contributed by atoms with Gasteiger partial charge in [-0.2, -0.15) is 0 Å². The Morgan fingerprint density at radius 3 is 2.58 bits per heavy atom. The Kier molecular flexibility index (Phi) is 7.15. The maximum atomic E-state index is 11.6. The van der Waals surface area contributed by atoms with E-state index in [2.05, 4.69) is 10.2 Å². The first-order valence-corrected chi connectivity index (χ1v) is 11.2. The molecule has 4 rings (SSSR count). The number of methoxy groups -OCH3 is 2. The molecule has 3 aromatic rings. The van der Waals surface area contributed by atoms with Crippen molar-refractivity contribution in [2.24, 2.45) is 0 Å². The molecule has 33 heavy (non-hydrogen) atoms. The molecular formula is C24H28ClN5O3. The first kappa shape index (κ1) is 23.1. The zero-order chi connectivity index (χ0) is 23.4. The van der Waals surface area contributed by atoms with Crippen molar-refractivity contribution < 1.29 is 14.3 Å². The Morgan fingerprint density at radius 1 is 1.09 bits per heavy atom. The van der Waals surface area contributed by atoms with Crippen LogP contribution in [0.25, 0.3) is 10.9 Å². The standard InChI is InChI=1S/C24H28ClN5O3/c1-16(31)30-11-9-29(10-12-30)15-22-27-20-8-7-18(25)13-19(20)24(28-22)26-14-17-5-4-6-21(32-2)23(17)33-3/h4-8,13H,9-12,14-15H2,1-3H3,(H,26,27,28). The number of amides is 1. The van der Waals surface area contributed by atoms with Crippen LogP contribution >= 0.6 is 11.6 Å². The van der Waals surface area contributed by atoms with E-state index < -0.39 is 0 Å². The highest BCUT2D eigenvalue weighted by Crippen LogP contribution is 2.32. The molecule has 0 unspecified atom stereocenters. The molecule has 1 amide bonds. The van der Waals surface area contributed by atoms with Gasteiger partial charge in [-0.05, 0) is 24.3 Å². The molecule has 1 aliphatic rings. The second-order valence-corrected chi connectivity index (χ2v) is 8.37. The van der Waals surface area contributed by atoms with E-state index in [1.165, 1.54) is 0 Å². The number of hydrogen-bond donors (Lipinski definition) is 1. The van der Waals surface area contributed by atoms with Gasteiger partial charge in [0.25, 0.3) is 0 Å². The van der Waals surface area contributed by atoms with Gasteiger partial charge in [0.1, 0.15) is 11.6 Å². The van der Waals surface area contributed by atoms with E-state index in [9.17, 15) is 4.79 Å². The van der Waals surface area contributed by atoms with Crippen molar-refractivity contribution in [2.45, 2.75) is 20.0 Å². The van der Waals surface area contributed by atoms with E-state index in [0.29, 0.717) is 35.4 Å². The predicted octanol–water partition coefficient (Wildman–Crippen LogP) is 3.58. The molecule has 0 saturated carbocycles. The minimum Gasteiger partial charge on any atom is -0.493 e. The van der Waals surface area contributed by atoms with Gasteiger partial charge in [0.15, 0.2) is 11.5 Å². The quantitative estimate of drug-likeness (QED) is 0.566. The summed E-state index contributed by atoms with van der Waals surface area (Å²) < 4.78 is 11.0. The average Bonchev–Trinajstić information content (AvgIpc) is 2.82. The van der Waals surface area contributed by atoms with E-state index in [-0.39, 0.29) is 5.91 Å². The van der Waals surface area contributed by atoms with Crippen molar-refractivity contribution in [3.63, 3.8) is 0 Å². The molecule has 1 N–H and O–H groups in total. The third-order valence-electron chi connectivity index (χ3n) is 5.82. The van der Waals surface area contributed by atoms with E-state index in [0.717, 1.165) is 48.5 Å². The van der Waals surface area contributed by atoms with Crippen LogP contribution in [-0.4, -0.2) is 66.1 Å². The first-order chi connectivity index (χ1) is 16.0. The number of ether oxygens (including phenoxy) is 2. The van der Waals surface area contributed by atoms with Crippen LogP contribution in [0.1, 0.15) is 18.3 Å². The molecule has 0 spiro atoms. The second-order valence-electron chi connectivity index (χ2n) is 7.94. The minimum absolute atomic E-state index is 0.118. The molecule has 0 atom stereocenters. The summed E-state index contributed by atoms with van der Waals surface area (Å²) in [4.78, 5) is 25.3. The maximum absolute atomic E-state index is 11.6. The van der Waals surface area contributed by atoms with Crippen molar-refractivity contribution in [1.82, 2.24) is 19.8 Å². The zero-order valence-electron chi connectivity index (χ0n) is 19.1. The number of fused-ring (bicyclic) bond motifs is 1. The predicted molar refractivity (Wildman–Crippen MR) is 129 cm³/mol. The summed E-state index contributed by atoms with van der Waals surface area (Å²) in [6.45, 7) is 5.76. The smallest absolute Gasteiger partial charge is 0.219 e. The molecule has 0 bridgehead atoms. The van der Waals surface area contributed by atoms with Gasteiger partial charge in [-0.15, -0.1) is 0 Å². The van der Waals surface area contributed by atoms with Gasteiger partial charge in [-0.25, -0.2) is 9.97 Å². The lowest BCUT2D eigenvalue weighted by Gasteiger charge is -2.33. The number of piperazine rings is 1. The van der Waals surface area contributed by atoms with Gasteiger partial charge in [0.2, 0.25) is 5.91 Å². The lowest BCUT2D eigenvalue weighted by molar-refractivity contribution is -0.130. The summed E-state index contributed by atoms with van der Waals surface area (Å²) in [5.74, 6) is 2.92. The van der Waals surface area contributed by atoms with Crippen molar-refractivity contribution in [3.05, 3.63) is 52.8 Å². The monoisotopic (exact) mass is 469 g/mol. The largest absolute Gasteiger partial charge is 0.493 e. The summed E-state index contributed by atoms with van der Waals surface area (Å²) in [5.41, 5.74) is 1.78. The normalized spacial score (nSPS) is 14.4. The molecule has 1 fully saturated rings. The molecule has 2 heterocycles. The molecular weight excluding hydrogens is 442 g/mol. The molecule has 1 aromatic heterocycles. The van der Waals surface area contributed by atoms with Gasteiger partial charge in [-0.3, -0.25) is 9.69 Å². The van der Waals surface area contributed by atoms with Crippen LogP contribution in [0.3, 0.4) is 0 Å². The number of aromatic nitrogens is 2. The summed E-state index contributed by atoms with van der Waals surface area (Å²) in [5, 5.41) is 4.92. The molecule has 8 nitrogen and oxygen atoms in total. The fourth-order valence-electron chi connectivity index (χ4n) is 4.05. The molecule has 0 radical (unpaired) electrons. The SMILES string of the molecule is COc1cccc(CNc2nc(CN3CCN(C(C)=O)CC3)nc3ccc(Cl)cc23)c1OC. The third-order valence-corrected chi connectivity index (χ3v) is 6.05. The Morgan fingerprint density at radius 2 is 1.88 bits per heavy atom. The Labute approximate surface area is 198 Å². The maximum Gasteiger partial charge on any atom is 0.219 e. The summed E-state index contributed by atoms with van der Waals surface area (Å²) in [7, 11) is 3.25. The fourth-order valence-corrected chi connectivity index (χ4v) is 4.22. The van der Waals surface area contributed by atoms with Crippen LogP contribution in [0.2, 0.25) is 5.02 Å². The molecule has 2 aromatic carbocycles. The van der Waals surface area contributed by atoms with E-state index >= 15 is 0 Å². The number of nitrogens with zero attached hydrogens (tertiary/aromatic N) is 4. The fraction of sp³-hybridized carbons (Fsp3) is 0.375. The summed E-state index contributed by atoms with van der Waals surface area (Å²) in [6.07, 6.45) is 0. The highest BCUT2D eigenvalue weighted by atomic mass is 35.5. The Balaban J connectivity index is 1.58. The molecule has 174 valence electrons.